The molecule has 0 amide bonds. The lowest BCUT2D eigenvalue weighted by atomic mass is 10.1. The number of hydrogen-bond donors (Lipinski definition) is 1. The Bertz CT molecular complexity index is 203. The highest BCUT2D eigenvalue weighted by Crippen LogP contribution is 2.05. The molecular formula is C8H18MgO4S. The van der Waals surface area contributed by atoms with Gasteiger partial charge in [0.1, 0.15) is 0 Å². The fourth-order valence-electron chi connectivity index (χ4n) is 1.05. The Kier molecular flexibility index (Phi) is 12.4. The average molecular weight is 235 g/mol. The summed E-state index contributed by atoms with van der Waals surface area (Å²) in [7, 11) is -4.22. The van der Waals surface area contributed by atoms with Crippen molar-refractivity contribution in [3.05, 3.63) is 0 Å². The summed E-state index contributed by atoms with van der Waals surface area (Å²) in [6.45, 7) is 2.23. The maximum Gasteiger partial charge on any atom is 0.397 e. The predicted octanol–water partition coefficient (Wildman–Crippen LogP) is 1.79. The van der Waals surface area contributed by atoms with Crippen LogP contribution in [0.25, 0.3) is 0 Å². The van der Waals surface area contributed by atoms with E-state index >= 15 is 0 Å². The molecule has 0 aliphatic rings. The summed E-state index contributed by atoms with van der Waals surface area (Å²) in [5, 5.41) is 0. The van der Waals surface area contributed by atoms with Crippen LogP contribution in [-0.2, 0) is 14.6 Å². The minimum atomic E-state index is -4.22. The van der Waals surface area contributed by atoms with Crippen LogP contribution in [0.2, 0.25) is 0 Å². The van der Waals surface area contributed by atoms with Gasteiger partial charge in [-0.1, -0.05) is 39.0 Å². The SMILES string of the molecule is CCCCCCCCOS(=O)(=O)O.[Mg]. The molecule has 2 radical (unpaired) electrons. The minimum Gasteiger partial charge on any atom is -0.264 e. The lowest BCUT2D eigenvalue weighted by molar-refractivity contribution is 0.261. The molecule has 0 unspecified atom stereocenters. The maximum atomic E-state index is 10.1. The zero-order valence-electron chi connectivity index (χ0n) is 8.74. The molecule has 0 bridgehead atoms. The summed E-state index contributed by atoms with van der Waals surface area (Å²) in [6, 6.07) is 0. The second kappa shape index (κ2) is 10.2. The van der Waals surface area contributed by atoms with E-state index in [-0.39, 0.29) is 29.7 Å². The quantitative estimate of drug-likeness (QED) is 0.395. The molecule has 14 heavy (non-hydrogen) atoms. The van der Waals surface area contributed by atoms with E-state index in [0.717, 1.165) is 12.8 Å². The van der Waals surface area contributed by atoms with Crippen LogP contribution < -0.4 is 0 Å². The third kappa shape index (κ3) is 15.1. The highest BCUT2D eigenvalue weighted by atomic mass is 32.3. The van der Waals surface area contributed by atoms with Gasteiger partial charge in [-0.25, -0.2) is 4.18 Å². The standard InChI is InChI=1S/C8H18O4S.Mg/c1-2-3-4-5-6-7-8-12-13(9,10)11;/h2-8H2,1H3,(H,9,10,11);. The van der Waals surface area contributed by atoms with Crippen LogP contribution in [-0.4, -0.2) is 42.6 Å². The molecule has 6 heteroatoms. The zero-order chi connectivity index (χ0) is 10.2. The molecule has 0 aromatic rings. The summed E-state index contributed by atoms with van der Waals surface area (Å²) in [4.78, 5) is 0. The monoisotopic (exact) mass is 234 g/mol. The van der Waals surface area contributed by atoms with Crippen LogP contribution >= 0.6 is 0 Å². The second-order valence-electron chi connectivity index (χ2n) is 3.02. The molecule has 0 heterocycles. The van der Waals surface area contributed by atoms with Crippen molar-refractivity contribution in [3.8, 4) is 0 Å². The third-order valence-corrected chi connectivity index (χ3v) is 2.19. The topological polar surface area (TPSA) is 63.6 Å². The smallest absolute Gasteiger partial charge is 0.264 e. The Balaban J connectivity index is 0. The van der Waals surface area contributed by atoms with Gasteiger partial charge in [0.25, 0.3) is 0 Å². The maximum absolute atomic E-state index is 10.1. The number of rotatable bonds is 8. The van der Waals surface area contributed by atoms with Gasteiger partial charge in [-0.2, -0.15) is 8.42 Å². The number of hydrogen-bond acceptors (Lipinski definition) is 3. The first-order chi connectivity index (χ1) is 6.06. The van der Waals surface area contributed by atoms with E-state index in [1.807, 2.05) is 0 Å². The van der Waals surface area contributed by atoms with E-state index in [1.165, 1.54) is 19.3 Å². The first kappa shape index (κ1) is 17.0. The van der Waals surface area contributed by atoms with Crippen molar-refractivity contribution < 1.29 is 17.2 Å². The summed E-state index contributed by atoms with van der Waals surface area (Å²) < 4.78 is 32.6. The van der Waals surface area contributed by atoms with Gasteiger partial charge in [-0.05, 0) is 6.42 Å². The molecule has 0 aliphatic heterocycles. The third-order valence-electron chi connectivity index (χ3n) is 1.73. The van der Waals surface area contributed by atoms with Crippen molar-refractivity contribution in [2.24, 2.45) is 0 Å². The molecule has 0 fully saturated rings. The minimum absolute atomic E-state index is 0. The average Bonchev–Trinajstić information content (AvgIpc) is 2.01. The van der Waals surface area contributed by atoms with Crippen molar-refractivity contribution in [1.82, 2.24) is 0 Å². The van der Waals surface area contributed by atoms with Gasteiger partial charge >= 0.3 is 10.4 Å². The molecule has 0 saturated heterocycles. The largest absolute Gasteiger partial charge is 0.397 e. The Morgan fingerprint density at radius 1 is 1.07 bits per heavy atom. The van der Waals surface area contributed by atoms with Gasteiger partial charge in [-0.3, -0.25) is 4.55 Å². The van der Waals surface area contributed by atoms with Crippen LogP contribution in [0.5, 0.6) is 0 Å². The van der Waals surface area contributed by atoms with Crippen molar-refractivity contribution in [1.29, 1.82) is 0 Å². The molecule has 0 saturated carbocycles. The van der Waals surface area contributed by atoms with Crippen molar-refractivity contribution in [2.45, 2.75) is 45.4 Å². The molecule has 82 valence electrons. The van der Waals surface area contributed by atoms with Gasteiger partial charge in [0.15, 0.2) is 0 Å². The van der Waals surface area contributed by atoms with Gasteiger partial charge in [-0.15, -0.1) is 0 Å². The Labute approximate surface area is 103 Å². The normalized spacial score (nSPS) is 11.0. The fraction of sp³-hybridized carbons (Fsp3) is 1.00. The predicted molar refractivity (Wildman–Crippen MR) is 56.6 cm³/mol. The summed E-state index contributed by atoms with van der Waals surface area (Å²) in [5.41, 5.74) is 0. The molecule has 0 aromatic heterocycles. The molecule has 0 aliphatic carbocycles. The Morgan fingerprint density at radius 3 is 2.07 bits per heavy atom. The van der Waals surface area contributed by atoms with Gasteiger partial charge < -0.3 is 0 Å². The van der Waals surface area contributed by atoms with Crippen molar-refractivity contribution >= 4 is 33.5 Å². The first-order valence-corrected chi connectivity index (χ1v) is 6.04. The van der Waals surface area contributed by atoms with Gasteiger partial charge in [0.05, 0.1) is 6.61 Å². The summed E-state index contributed by atoms with van der Waals surface area (Å²) >= 11 is 0. The zero-order valence-corrected chi connectivity index (χ0v) is 11.0. The van der Waals surface area contributed by atoms with Crippen molar-refractivity contribution in [2.75, 3.05) is 6.61 Å². The molecular weight excluding hydrogens is 216 g/mol. The molecule has 0 aromatic carbocycles. The lowest BCUT2D eigenvalue weighted by Gasteiger charge is -2.00. The van der Waals surface area contributed by atoms with E-state index in [9.17, 15) is 8.42 Å². The van der Waals surface area contributed by atoms with E-state index < -0.39 is 10.4 Å². The number of unbranched alkanes of at least 4 members (excludes halogenated alkanes) is 5. The second-order valence-corrected chi connectivity index (χ2v) is 4.11. The van der Waals surface area contributed by atoms with Crippen LogP contribution in [0.3, 0.4) is 0 Å². The first-order valence-electron chi connectivity index (χ1n) is 4.68. The summed E-state index contributed by atoms with van der Waals surface area (Å²) in [5.74, 6) is 0. The van der Waals surface area contributed by atoms with Crippen LogP contribution in [0.15, 0.2) is 0 Å². The molecule has 1 N–H and O–H groups in total. The molecule has 0 atom stereocenters. The van der Waals surface area contributed by atoms with Gasteiger partial charge in [0.2, 0.25) is 0 Å². The van der Waals surface area contributed by atoms with Crippen LogP contribution in [0.4, 0.5) is 0 Å². The molecule has 0 rings (SSSR count). The van der Waals surface area contributed by atoms with Gasteiger partial charge in [0, 0.05) is 23.1 Å². The van der Waals surface area contributed by atoms with Crippen LogP contribution in [0.1, 0.15) is 45.4 Å². The highest BCUT2D eigenvalue weighted by molar-refractivity contribution is 7.80. The van der Waals surface area contributed by atoms with E-state index in [1.54, 1.807) is 0 Å². The fourth-order valence-corrected chi connectivity index (χ4v) is 1.38. The van der Waals surface area contributed by atoms with E-state index in [0.29, 0.717) is 6.42 Å². The summed E-state index contributed by atoms with van der Waals surface area (Å²) in [6.07, 6.45) is 6.34. The highest BCUT2D eigenvalue weighted by Gasteiger charge is 2.02. The Hall–Kier alpha value is 0.636. The molecule has 0 spiro atoms. The lowest BCUT2D eigenvalue weighted by Crippen LogP contribution is -2.04. The van der Waals surface area contributed by atoms with E-state index in [4.69, 9.17) is 4.55 Å². The Morgan fingerprint density at radius 2 is 1.57 bits per heavy atom. The van der Waals surface area contributed by atoms with Crippen LogP contribution in [0, 0.1) is 0 Å². The van der Waals surface area contributed by atoms with Crippen molar-refractivity contribution in [3.63, 3.8) is 0 Å². The van der Waals surface area contributed by atoms with E-state index in [2.05, 4.69) is 11.1 Å². The molecule has 4 nitrogen and oxygen atoms in total.